The molecule has 2 aromatic rings. The number of amides is 1. The molecule has 0 unspecified atom stereocenters. The van der Waals surface area contributed by atoms with Gasteiger partial charge in [-0.15, -0.1) is 0 Å². The Balaban J connectivity index is 1.94. The molecule has 4 heteroatoms. The van der Waals surface area contributed by atoms with Gasteiger partial charge in [0.15, 0.2) is 0 Å². The van der Waals surface area contributed by atoms with Gasteiger partial charge in [0.25, 0.3) is 0 Å². The maximum atomic E-state index is 11.8. The largest absolute Gasteiger partial charge is 0.444 e. The van der Waals surface area contributed by atoms with Gasteiger partial charge in [-0.3, -0.25) is 5.32 Å². The highest BCUT2D eigenvalue weighted by molar-refractivity contribution is 9.10. The number of benzene rings is 2. The summed E-state index contributed by atoms with van der Waals surface area (Å²) in [5, 5.41) is 2.75. The zero-order valence-electron chi connectivity index (χ0n) is 11.2. The molecule has 20 heavy (non-hydrogen) atoms. The van der Waals surface area contributed by atoms with Crippen LogP contribution >= 0.6 is 15.9 Å². The first-order valence-corrected chi connectivity index (χ1v) is 7.24. The average Bonchev–Trinajstić information content (AvgIpc) is 2.48. The van der Waals surface area contributed by atoms with Crippen LogP contribution in [0.15, 0.2) is 53.0 Å². The van der Waals surface area contributed by atoms with Gasteiger partial charge in [0.1, 0.15) is 6.61 Å². The van der Waals surface area contributed by atoms with E-state index in [1.54, 1.807) is 0 Å². The van der Waals surface area contributed by atoms with Crippen molar-refractivity contribution < 1.29 is 9.53 Å². The van der Waals surface area contributed by atoms with Crippen LogP contribution in [0.5, 0.6) is 0 Å². The predicted octanol–water partition coefficient (Wildman–Crippen LogP) is 4.76. The van der Waals surface area contributed by atoms with Crippen molar-refractivity contribution in [2.24, 2.45) is 0 Å². The summed E-state index contributed by atoms with van der Waals surface area (Å²) < 4.78 is 6.03. The first-order valence-electron chi connectivity index (χ1n) is 6.45. The molecule has 0 bridgehead atoms. The summed E-state index contributed by atoms with van der Waals surface area (Å²) >= 11 is 3.41. The predicted molar refractivity (Wildman–Crippen MR) is 83.8 cm³/mol. The van der Waals surface area contributed by atoms with Crippen LogP contribution in [0.25, 0.3) is 0 Å². The van der Waals surface area contributed by atoms with E-state index in [0.717, 1.165) is 27.7 Å². The molecule has 0 aromatic heterocycles. The van der Waals surface area contributed by atoms with Crippen molar-refractivity contribution in [3.63, 3.8) is 0 Å². The SMILES string of the molecule is CCc1ccc(Br)c(NC(=O)OCc2ccccc2)c1. The Hall–Kier alpha value is -1.81. The van der Waals surface area contributed by atoms with E-state index in [0.29, 0.717) is 0 Å². The van der Waals surface area contributed by atoms with Crippen molar-refractivity contribution in [3.05, 3.63) is 64.1 Å². The number of nitrogens with one attached hydrogen (secondary N) is 1. The van der Waals surface area contributed by atoms with E-state index in [2.05, 4.69) is 28.2 Å². The minimum atomic E-state index is -0.456. The maximum absolute atomic E-state index is 11.8. The van der Waals surface area contributed by atoms with Crippen molar-refractivity contribution in [2.75, 3.05) is 5.32 Å². The number of aryl methyl sites for hydroxylation is 1. The second-order valence-corrected chi connectivity index (χ2v) is 5.21. The van der Waals surface area contributed by atoms with E-state index in [1.807, 2.05) is 48.5 Å². The highest BCUT2D eigenvalue weighted by Crippen LogP contribution is 2.24. The second kappa shape index (κ2) is 7.10. The van der Waals surface area contributed by atoms with E-state index in [4.69, 9.17) is 4.74 Å². The van der Waals surface area contributed by atoms with Gasteiger partial charge >= 0.3 is 6.09 Å². The Kier molecular flexibility index (Phi) is 5.18. The number of hydrogen-bond acceptors (Lipinski definition) is 2. The Bertz CT molecular complexity index is 584. The van der Waals surface area contributed by atoms with Crippen molar-refractivity contribution in [3.8, 4) is 0 Å². The summed E-state index contributed by atoms with van der Waals surface area (Å²) in [5.74, 6) is 0. The lowest BCUT2D eigenvalue weighted by Crippen LogP contribution is -2.14. The Labute approximate surface area is 127 Å². The van der Waals surface area contributed by atoms with Crippen LogP contribution in [0.1, 0.15) is 18.1 Å². The van der Waals surface area contributed by atoms with Gasteiger partial charge in [0.2, 0.25) is 0 Å². The Morgan fingerprint density at radius 3 is 2.60 bits per heavy atom. The van der Waals surface area contributed by atoms with Crippen molar-refractivity contribution >= 4 is 27.7 Å². The minimum Gasteiger partial charge on any atom is -0.444 e. The maximum Gasteiger partial charge on any atom is 0.411 e. The number of carbonyl (C=O) groups excluding carboxylic acids is 1. The van der Waals surface area contributed by atoms with Crippen LogP contribution in [0.2, 0.25) is 0 Å². The molecule has 0 heterocycles. The van der Waals surface area contributed by atoms with Crippen LogP contribution in [0.3, 0.4) is 0 Å². The lowest BCUT2D eigenvalue weighted by molar-refractivity contribution is 0.155. The van der Waals surface area contributed by atoms with Crippen molar-refractivity contribution in [1.29, 1.82) is 0 Å². The van der Waals surface area contributed by atoms with E-state index in [1.165, 1.54) is 0 Å². The number of ether oxygens (including phenoxy) is 1. The molecule has 3 nitrogen and oxygen atoms in total. The quantitative estimate of drug-likeness (QED) is 0.875. The van der Waals surface area contributed by atoms with Gasteiger partial charge in [-0.2, -0.15) is 0 Å². The zero-order chi connectivity index (χ0) is 14.4. The third-order valence-corrected chi connectivity index (χ3v) is 3.58. The molecule has 0 aliphatic rings. The van der Waals surface area contributed by atoms with Crippen LogP contribution in [-0.4, -0.2) is 6.09 Å². The molecule has 2 rings (SSSR count). The molecular formula is C16H16BrNO2. The molecule has 0 aliphatic heterocycles. The first-order chi connectivity index (χ1) is 9.69. The topological polar surface area (TPSA) is 38.3 Å². The molecule has 0 radical (unpaired) electrons. The molecule has 0 aliphatic carbocycles. The molecular weight excluding hydrogens is 318 g/mol. The molecule has 0 saturated carbocycles. The Morgan fingerprint density at radius 2 is 1.90 bits per heavy atom. The molecule has 104 valence electrons. The molecule has 1 N–H and O–H groups in total. The van der Waals surface area contributed by atoms with Gasteiger partial charge in [-0.05, 0) is 45.6 Å². The molecule has 0 atom stereocenters. The number of carbonyl (C=O) groups is 1. The summed E-state index contributed by atoms with van der Waals surface area (Å²) in [7, 11) is 0. The molecule has 1 amide bonds. The Morgan fingerprint density at radius 1 is 1.15 bits per heavy atom. The third-order valence-electron chi connectivity index (χ3n) is 2.89. The molecule has 0 spiro atoms. The van der Waals surface area contributed by atoms with Crippen LogP contribution < -0.4 is 5.32 Å². The summed E-state index contributed by atoms with van der Waals surface area (Å²) in [6, 6.07) is 15.5. The fraction of sp³-hybridized carbons (Fsp3) is 0.188. The number of rotatable bonds is 4. The molecule has 0 saturated heterocycles. The van der Waals surface area contributed by atoms with E-state index in [-0.39, 0.29) is 6.61 Å². The zero-order valence-corrected chi connectivity index (χ0v) is 12.8. The molecule has 0 fully saturated rings. The number of halogens is 1. The fourth-order valence-electron chi connectivity index (χ4n) is 1.76. The summed E-state index contributed by atoms with van der Waals surface area (Å²) in [6.07, 6.45) is 0.462. The summed E-state index contributed by atoms with van der Waals surface area (Å²) in [5.41, 5.74) is 2.85. The smallest absolute Gasteiger partial charge is 0.411 e. The summed E-state index contributed by atoms with van der Waals surface area (Å²) in [4.78, 5) is 11.8. The fourth-order valence-corrected chi connectivity index (χ4v) is 2.10. The van der Waals surface area contributed by atoms with E-state index < -0.39 is 6.09 Å². The van der Waals surface area contributed by atoms with Gasteiger partial charge in [0, 0.05) is 4.47 Å². The van der Waals surface area contributed by atoms with Gasteiger partial charge < -0.3 is 4.74 Å². The standard InChI is InChI=1S/C16H16BrNO2/c1-2-12-8-9-14(17)15(10-12)18-16(19)20-11-13-6-4-3-5-7-13/h3-10H,2,11H2,1H3,(H,18,19). The average molecular weight is 334 g/mol. The van der Waals surface area contributed by atoms with Gasteiger partial charge in [-0.1, -0.05) is 43.3 Å². The first kappa shape index (κ1) is 14.6. The second-order valence-electron chi connectivity index (χ2n) is 4.35. The molecule has 2 aromatic carbocycles. The van der Waals surface area contributed by atoms with Crippen LogP contribution in [0.4, 0.5) is 10.5 Å². The monoisotopic (exact) mass is 333 g/mol. The van der Waals surface area contributed by atoms with Gasteiger partial charge in [0.05, 0.1) is 5.69 Å². The minimum absolute atomic E-state index is 0.262. The van der Waals surface area contributed by atoms with Crippen LogP contribution in [0, 0.1) is 0 Å². The van der Waals surface area contributed by atoms with Crippen molar-refractivity contribution in [1.82, 2.24) is 0 Å². The van der Waals surface area contributed by atoms with E-state index >= 15 is 0 Å². The summed E-state index contributed by atoms with van der Waals surface area (Å²) in [6.45, 7) is 2.33. The van der Waals surface area contributed by atoms with Crippen LogP contribution in [-0.2, 0) is 17.8 Å². The normalized spacial score (nSPS) is 10.1. The number of anilines is 1. The number of hydrogen-bond donors (Lipinski definition) is 1. The van der Waals surface area contributed by atoms with Gasteiger partial charge in [-0.25, -0.2) is 4.79 Å². The lowest BCUT2D eigenvalue weighted by atomic mass is 10.1. The third kappa shape index (κ3) is 4.10. The highest BCUT2D eigenvalue weighted by atomic mass is 79.9. The van der Waals surface area contributed by atoms with Crippen molar-refractivity contribution in [2.45, 2.75) is 20.0 Å². The van der Waals surface area contributed by atoms with E-state index in [9.17, 15) is 4.79 Å². The highest BCUT2D eigenvalue weighted by Gasteiger charge is 2.07. The lowest BCUT2D eigenvalue weighted by Gasteiger charge is -2.10.